The number of carbonyl (C=O) groups is 1. The number of cyclic esters (lactones) is 1. The first-order valence-corrected chi connectivity index (χ1v) is 5.12. The lowest BCUT2D eigenvalue weighted by molar-refractivity contribution is -0.137. The maximum absolute atomic E-state index is 11.1. The second-order valence-corrected chi connectivity index (χ2v) is 4.15. The second-order valence-electron chi connectivity index (χ2n) is 2.88. The van der Waals surface area contributed by atoms with Gasteiger partial charge in [-0.25, -0.2) is 0 Å². The lowest BCUT2D eigenvalue weighted by Crippen LogP contribution is -2.08. The van der Waals surface area contributed by atoms with Crippen LogP contribution >= 0.6 is 11.8 Å². The Labute approximate surface area is 81.3 Å². The third kappa shape index (κ3) is 2.04. The molecule has 1 atom stereocenters. The Morgan fingerprint density at radius 1 is 1.31 bits per heavy atom. The molecule has 0 saturated carbocycles. The topological polar surface area (TPSA) is 26.3 Å². The predicted octanol–water partition coefficient (Wildman–Crippen LogP) is 2.09. The number of hydrogen-bond donors (Lipinski definition) is 0. The highest BCUT2D eigenvalue weighted by Gasteiger charge is 2.27. The molecule has 1 aliphatic heterocycles. The van der Waals surface area contributed by atoms with Gasteiger partial charge in [-0.15, -0.1) is 11.8 Å². The van der Waals surface area contributed by atoms with Crippen LogP contribution in [-0.4, -0.2) is 17.8 Å². The molecule has 0 amide bonds. The van der Waals surface area contributed by atoms with E-state index in [0.717, 1.165) is 11.3 Å². The van der Waals surface area contributed by atoms with Crippen LogP contribution in [0.4, 0.5) is 0 Å². The van der Waals surface area contributed by atoms with Crippen molar-refractivity contribution in [2.45, 2.75) is 16.6 Å². The number of esters is 1. The number of carbonyl (C=O) groups excluding carboxylic acids is 1. The number of rotatable bonds is 2. The van der Waals surface area contributed by atoms with E-state index in [9.17, 15) is 4.79 Å². The Balaban J connectivity index is 2.02. The normalized spacial score (nSPS) is 21.5. The highest BCUT2D eigenvalue weighted by molar-refractivity contribution is 8.00. The predicted molar refractivity (Wildman–Crippen MR) is 51.7 cm³/mol. The third-order valence-electron chi connectivity index (χ3n) is 1.91. The van der Waals surface area contributed by atoms with Crippen LogP contribution in [0, 0.1) is 0 Å². The van der Waals surface area contributed by atoms with Crippen LogP contribution in [0.1, 0.15) is 6.42 Å². The highest BCUT2D eigenvalue weighted by Crippen LogP contribution is 2.28. The van der Waals surface area contributed by atoms with E-state index in [4.69, 9.17) is 4.74 Å². The third-order valence-corrected chi connectivity index (χ3v) is 3.17. The van der Waals surface area contributed by atoms with E-state index in [-0.39, 0.29) is 11.2 Å². The lowest BCUT2D eigenvalue weighted by atomic mass is 10.4. The van der Waals surface area contributed by atoms with Gasteiger partial charge in [0.1, 0.15) is 5.25 Å². The van der Waals surface area contributed by atoms with Crippen molar-refractivity contribution in [1.82, 2.24) is 0 Å². The molecule has 1 heterocycles. The highest BCUT2D eigenvalue weighted by atomic mass is 32.2. The van der Waals surface area contributed by atoms with Gasteiger partial charge in [-0.1, -0.05) is 18.2 Å². The molecule has 0 N–H and O–H groups in total. The average molecular weight is 194 g/mol. The van der Waals surface area contributed by atoms with Crippen molar-refractivity contribution < 1.29 is 9.53 Å². The largest absolute Gasteiger partial charge is 0.465 e. The fourth-order valence-electron chi connectivity index (χ4n) is 1.25. The molecule has 0 aromatic heterocycles. The zero-order valence-corrected chi connectivity index (χ0v) is 7.92. The summed E-state index contributed by atoms with van der Waals surface area (Å²) in [4.78, 5) is 12.3. The Kier molecular flexibility index (Phi) is 2.54. The van der Waals surface area contributed by atoms with E-state index in [1.165, 1.54) is 0 Å². The van der Waals surface area contributed by atoms with Gasteiger partial charge in [0.25, 0.3) is 0 Å². The molecule has 2 nitrogen and oxygen atoms in total. The molecular formula is C10H10O2S. The molecular weight excluding hydrogens is 184 g/mol. The molecule has 1 aromatic rings. The molecule has 1 aliphatic rings. The first-order valence-electron chi connectivity index (χ1n) is 4.24. The Bertz CT molecular complexity index is 297. The Hall–Kier alpha value is -0.960. The fraction of sp³-hybridized carbons (Fsp3) is 0.300. The first-order chi connectivity index (χ1) is 6.36. The molecule has 1 saturated heterocycles. The van der Waals surface area contributed by atoms with E-state index in [1.54, 1.807) is 11.8 Å². The summed E-state index contributed by atoms with van der Waals surface area (Å²) in [6, 6.07) is 9.94. The van der Waals surface area contributed by atoms with Gasteiger partial charge >= 0.3 is 5.97 Å². The number of ether oxygens (including phenoxy) is 1. The van der Waals surface area contributed by atoms with Gasteiger partial charge in [0, 0.05) is 11.3 Å². The number of thioether (sulfide) groups is 1. The quantitative estimate of drug-likeness (QED) is 0.674. The van der Waals surface area contributed by atoms with Gasteiger partial charge in [-0.05, 0) is 12.1 Å². The second kappa shape index (κ2) is 3.83. The average Bonchev–Trinajstić information content (AvgIpc) is 2.54. The summed E-state index contributed by atoms with van der Waals surface area (Å²) >= 11 is 1.58. The minimum absolute atomic E-state index is 0.00222. The monoisotopic (exact) mass is 194 g/mol. The minimum atomic E-state index is -0.0751. The van der Waals surface area contributed by atoms with Crippen LogP contribution in [0.25, 0.3) is 0 Å². The molecule has 0 bridgehead atoms. The van der Waals surface area contributed by atoms with Crippen LogP contribution in [0.5, 0.6) is 0 Å². The van der Waals surface area contributed by atoms with E-state index in [1.807, 2.05) is 30.3 Å². The number of benzene rings is 1. The SMILES string of the molecule is O=C1OCC[C@H]1Sc1ccccc1. The van der Waals surface area contributed by atoms with Gasteiger partial charge in [0.2, 0.25) is 0 Å². The molecule has 1 aromatic carbocycles. The molecule has 1 fully saturated rings. The van der Waals surface area contributed by atoms with Gasteiger partial charge in [-0.2, -0.15) is 0 Å². The minimum Gasteiger partial charge on any atom is -0.465 e. The summed E-state index contributed by atoms with van der Waals surface area (Å²) in [6.07, 6.45) is 0.832. The van der Waals surface area contributed by atoms with Crippen molar-refractivity contribution in [2.24, 2.45) is 0 Å². The van der Waals surface area contributed by atoms with E-state index >= 15 is 0 Å². The van der Waals surface area contributed by atoms with E-state index < -0.39 is 0 Å². The summed E-state index contributed by atoms with van der Waals surface area (Å²) in [7, 11) is 0. The maximum atomic E-state index is 11.1. The smallest absolute Gasteiger partial charge is 0.319 e. The van der Waals surface area contributed by atoms with Crippen LogP contribution in [0.2, 0.25) is 0 Å². The molecule has 0 aliphatic carbocycles. The number of hydrogen-bond acceptors (Lipinski definition) is 3. The lowest BCUT2D eigenvalue weighted by Gasteiger charge is -2.03. The van der Waals surface area contributed by atoms with E-state index in [0.29, 0.717) is 6.61 Å². The zero-order chi connectivity index (χ0) is 9.10. The van der Waals surface area contributed by atoms with Crippen LogP contribution in [0.15, 0.2) is 35.2 Å². The molecule has 13 heavy (non-hydrogen) atoms. The van der Waals surface area contributed by atoms with Gasteiger partial charge in [-0.3, -0.25) is 4.79 Å². The van der Waals surface area contributed by atoms with Crippen molar-refractivity contribution in [3.63, 3.8) is 0 Å². The van der Waals surface area contributed by atoms with Gasteiger partial charge < -0.3 is 4.74 Å². The zero-order valence-electron chi connectivity index (χ0n) is 7.10. The van der Waals surface area contributed by atoms with Crippen molar-refractivity contribution in [3.05, 3.63) is 30.3 Å². The molecule has 0 spiro atoms. The fourth-order valence-corrected chi connectivity index (χ4v) is 2.27. The molecule has 3 heteroatoms. The van der Waals surface area contributed by atoms with Crippen molar-refractivity contribution in [2.75, 3.05) is 6.61 Å². The summed E-state index contributed by atoms with van der Waals surface area (Å²) in [5, 5.41) is 0.00222. The Morgan fingerprint density at radius 3 is 2.69 bits per heavy atom. The summed E-state index contributed by atoms with van der Waals surface area (Å²) in [5.74, 6) is -0.0751. The summed E-state index contributed by atoms with van der Waals surface area (Å²) in [5.41, 5.74) is 0. The molecule has 0 unspecified atom stereocenters. The Morgan fingerprint density at radius 2 is 2.08 bits per heavy atom. The van der Waals surface area contributed by atoms with Crippen molar-refractivity contribution >= 4 is 17.7 Å². The van der Waals surface area contributed by atoms with Crippen LogP contribution in [-0.2, 0) is 9.53 Å². The van der Waals surface area contributed by atoms with Crippen molar-refractivity contribution in [1.29, 1.82) is 0 Å². The molecule has 0 radical (unpaired) electrons. The summed E-state index contributed by atoms with van der Waals surface area (Å²) in [6.45, 7) is 0.573. The maximum Gasteiger partial charge on any atom is 0.319 e. The standard InChI is InChI=1S/C10H10O2S/c11-10-9(6-7-12-10)13-8-4-2-1-3-5-8/h1-5,9H,6-7H2/t9-/m1/s1. The summed E-state index contributed by atoms with van der Waals surface area (Å²) < 4.78 is 4.88. The van der Waals surface area contributed by atoms with E-state index in [2.05, 4.69) is 0 Å². The van der Waals surface area contributed by atoms with Crippen LogP contribution < -0.4 is 0 Å². The van der Waals surface area contributed by atoms with Gasteiger partial charge in [0.05, 0.1) is 6.61 Å². The first kappa shape index (κ1) is 8.63. The van der Waals surface area contributed by atoms with Crippen LogP contribution in [0.3, 0.4) is 0 Å². The molecule has 2 rings (SSSR count). The molecule has 68 valence electrons. The van der Waals surface area contributed by atoms with Gasteiger partial charge in [0.15, 0.2) is 0 Å². The van der Waals surface area contributed by atoms with Crippen molar-refractivity contribution in [3.8, 4) is 0 Å².